The molecule has 1 unspecified atom stereocenters. The standard InChI is InChI=1S/C12H22N6/c1-17-5-6-18(2)11(9-17)8-15-10-3-4-14-12(7-10)16-13/h3-4,7,11H,5-6,8-9,13H2,1-2H3,(H2,14,15,16). The fourth-order valence-corrected chi connectivity index (χ4v) is 2.18. The molecule has 1 aromatic rings. The largest absolute Gasteiger partial charge is 0.383 e. The molecule has 1 saturated heterocycles. The number of likely N-dealkylation sites (N-methyl/N-ethyl adjacent to an activating group) is 2. The van der Waals surface area contributed by atoms with E-state index in [1.165, 1.54) is 0 Å². The van der Waals surface area contributed by atoms with Crippen LogP contribution < -0.4 is 16.6 Å². The van der Waals surface area contributed by atoms with Gasteiger partial charge in [0.05, 0.1) is 0 Å². The molecule has 1 aromatic heterocycles. The molecule has 0 saturated carbocycles. The van der Waals surface area contributed by atoms with E-state index in [0.717, 1.165) is 31.9 Å². The third-order valence-corrected chi connectivity index (χ3v) is 3.43. The smallest absolute Gasteiger partial charge is 0.141 e. The SMILES string of the molecule is CN1CCN(C)C(CNc2ccnc(NN)c2)C1. The minimum atomic E-state index is 0.534. The van der Waals surface area contributed by atoms with Crippen molar-refractivity contribution < 1.29 is 0 Å². The number of aromatic nitrogens is 1. The monoisotopic (exact) mass is 250 g/mol. The molecule has 100 valence electrons. The molecule has 1 aliphatic rings. The van der Waals surface area contributed by atoms with Crippen LogP contribution in [0.4, 0.5) is 11.5 Å². The number of hydrogen-bond donors (Lipinski definition) is 3. The Morgan fingerprint density at radius 3 is 3.06 bits per heavy atom. The maximum Gasteiger partial charge on any atom is 0.141 e. The Bertz CT molecular complexity index is 383. The highest BCUT2D eigenvalue weighted by Gasteiger charge is 2.21. The number of pyridine rings is 1. The summed E-state index contributed by atoms with van der Waals surface area (Å²) in [5.41, 5.74) is 3.59. The van der Waals surface area contributed by atoms with Crippen molar-refractivity contribution in [1.82, 2.24) is 14.8 Å². The Morgan fingerprint density at radius 1 is 1.44 bits per heavy atom. The maximum atomic E-state index is 5.34. The molecule has 18 heavy (non-hydrogen) atoms. The van der Waals surface area contributed by atoms with Gasteiger partial charge in [0.25, 0.3) is 0 Å². The normalized spacial score (nSPS) is 21.8. The summed E-state index contributed by atoms with van der Waals surface area (Å²) in [6.45, 7) is 4.28. The van der Waals surface area contributed by atoms with Crippen LogP contribution in [0.5, 0.6) is 0 Å². The molecular weight excluding hydrogens is 228 g/mol. The van der Waals surface area contributed by atoms with Crippen molar-refractivity contribution in [2.24, 2.45) is 5.84 Å². The zero-order valence-corrected chi connectivity index (χ0v) is 11.1. The van der Waals surface area contributed by atoms with Gasteiger partial charge >= 0.3 is 0 Å². The molecule has 6 heteroatoms. The van der Waals surface area contributed by atoms with Crippen molar-refractivity contribution in [3.63, 3.8) is 0 Å². The zero-order chi connectivity index (χ0) is 13.0. The summed E-state index contributed by atoms with van der Waals surface area (Å²) in [4.78, 5) is 8.85. The minimum absolute atomic E-state index is 0.534. The second-order valence-electron chi connectivity index (χ2n) is 4.85. The first-order chi connectivity index (χ1) is 8.69. The van der Waals surface area contributed by atoms with E-state index >= 15 is 0 Å². The van der Waals surface area contributed by atoms with Crippen LogP contribution in [-0.4, -0.2) is 61.1 Å². The summed E-state index contributed by atoms with van der Waals surface area (Å²) in [7, 11) is 4.35. The lowest BCUT2D eigenvalue weighted by Crippen LogP contribution is -2.52. The molecule has 2 heterocycles. The van der Waals surface area contributed by atoms with Gasteiger partial charge in [-0.3, -0.25) is 4.90 Å². The van der Waals surface area contributed by atoms with E-state index in [1.807, 2.05) is 12.1 Å². The molecule has 0 aliphatic carbocycles. The molecule has 1 fully saturated rings. The number of hydrazine groups is 1. The van der Waals surface area contributed by atoms with Gasteiger partial charge in [-0.05, 0) is 20.2 Å². The Morgan fingerprint density at radius 2 is 2.28 bits per heavy atom. The van der Waals surface area contributed by atoms with Crippen LogP contribution in [0.3, 0.4) is 0 Å². The van der Waals surface area contributed by atoms with Gasteiger partial charge in [-0.1, -0.05) is 0 Å². The van der Waals surface area contributed by atoms with E-state index in [9.17, 15) is 0 Å². The van der Waals surface area contributed by atoms with Gasteiger partial charge in [0.1, 0.15) is 5.82 Å². The van der Waals surface area contributed by atoms with Crippen LogP contribution in [-0.2, 0) is 0 Å². The van der Waals surface area contributed by atoms with Gasteiger partial charge in [-0.25, -0.2) is 10.8 Å². The summed E-state index contributed by atoms with van der Waals surface area (Å²) < 4.78 is 0. The van der Waals surface area contributed by atoms with Gasteiger partial charge in [0.2, 0.25) is 0 Å². The van der Waals surface area contributed by atoms with Gasteiger partial charge in [-0.15, -0.1) is 0 Å². The predicted octanol–water partition coefficient (Wildman–Crippen LogP) is 0.0249. The molecule has 0 amide bonds. The molecule has 1 aliphatic heterocycles. The lowest BCUT2D eigenvalue weighted by atomic mass is 10.2. The molecule has 2 rings (SSSR count). The van der Waals surface area contributed by atoms with Crippen LogP contribution in [0.1, 0.15) is 0 Å². The van der Waals surface area contributed by atoms with Crippen LogP contribution in [0.15, 0.2) is 18.3 Å². The van der Waals surface area contributed by atoms with E-state index in [2.05, 4.69) is 39.6 Å². The average molecular weight is 250 g/mol. The van der Waals surface area contributed by atoms with Crippen LogP contribution >= 0.6 is 0 Å². The Kier molecular flexibility index (Phi) is 4.35. The number of nitrogens with two attached hydrogens (primary N) is 1. The topological polar surface area (TPSA) is 69.5 Å². The summed E-state index contributed by atoms with van der Waals surface area (Å²) >= 11 is 0. The summed E-state index contributed by atoms with van der Waals surface area (Å²) in [6, 6.07) is 4.39. The summed E-state index contributed by atoms with van der Waals surface area (Å²) in [5, 5.41) is 3.44. The second-order valence-corrected chi connectivity index (χ2v) is 4.85. The van der Waals surface area contributed by atoms with Crippen LogP contribution in [0.2, 0.25) is 0 Å². The third kappa shape index (κ3) is 3.32. The maximum absolute atomic E-state index is 5.34. The van der Waals surface area contributed by atoms with Gasteiger partial charge in [0.15, 0.2) is 0 Å². The molecule has 1 atom stereocenters. The van der Waals surface area contributed by atoms with Crippen molar-refractivity contribution in [1.29, 1.82) is 0 Å². The number of nitrogen functional groups attached to an aromatic ring is 1. The van der Waals surface area contributed by atoms with Gasteiger partial charge in [0, 0.05) is 50.2 Å². The molecule has 0 radical (unpaired) electrons. The van der Waals surface area contributed by atoms with Crippen molar-refractivity contribution in [2.45, 2.75) is 6.04 Å². The lowest BCUT2D eigenvalue weighted by molar-refractivity contribution is 0.122. The number of anilines is 2. The van der Waals surface area contributed by atoms with Crippen molar-refractivity contribution in [3.8, 4) is 0 Å². The summed E-state index contributed by atoms with van der Waals surface area (Å²) in [5.74, 6) is 6.02. The van der Waals surface area contributed by atoms with Crippen LogP contribution in [0, 0.1) is 0 Å². The third-order valence-electron chi connectivity index (χ3n) is 3.43. The second kappa shape index (κ2) is 5.99. The lowest BCUT2D eigenvalue weighted by Gasteiger charge is -2.37. The van der Waals surface area contributed by atoms with Gasteiger partial charge < -0.3 is 15.6 Å². The highest BCUT2D eigenvalue weighted by molar-refractivity contribution is 5.51. The van der Waals surface area contributed by atoms with Crippen molar-refractivity contribution >= 4 is 11.5 Å². The van der Waals surface area contributed by atoms with Gasteiger partial charge in [-0.2, -0.15) is 0 Å². The highest BCUT2D eigenvalue weighted by Crippen LogP contribution is 2.12. The number of nitrogens with one attached hydrogen (secondary N) is 2. The number of piperazine rings is 1. The fourth-order valence-electron chi connectivity index (χ4n) is 2.18. The molecular formula is C12H22N6. The van der Waals surface area contributed by atoms with E-state index in [-0.39, 0.29) is 0 Å². The van der Waals surface area contributed by atoms with E-state index in [1.54, 1.807) is 6.20 Å². The van der Waals surface area contributed by atoms with E-state index in [0.29, 0.717) is 11.9 Å². The average Bonchev–Trinajstić information content (AvgIpc) is 2.40. The van der Waals surface area contributed by atoms with Crippen molar-refractivity contribution in [2.75, 3.05) is 51.0 Å². The minimum Gasteiger partial charge on any atom is -0.383 e. The summed E-state index contributed by atoms with van der Waals surface area (Å²) in [6.07, 6.45) is 1.74. The van der Waals surface area contributed by atoms with Crippen molar-refractivity contribution in [3.05, 3.63) is 18.3 Å². The van der Waals surface area contributed by atoms with Crippen LogP contribution in [0.25, 0.3) is 0 Å². The fraction of sp³-hybridized carbons (Fsp3) is 0.583. The van der Waals surface area contributed by atoms with E-state index in [4.69, 9.17) is 5.84 Å². The molecule has 0 spiro atoms. The Hall–Kier alpha value is -1.37. The number of hydrogen-bond acceptors (Lipinski definition) is 6. The first-order valence-corrected chi connectivity index (χ1v) is 6.24. The first-order valence-electron chi connectivity index (χ1n) is 6.24. The number of rotatable bonds is 4. The molecule has 6 nitrogen and oxygen atoms in total. The Labute approximate surface area is 108 Å². The first kappa shape index (κ1) is 13.1. The molecule has 0 aromatic carbocycles. The molecule has 4 N–H and O–H groups in total. The molecule has 0 bridgehead atoms. The zero-order valence-electron chi connectivity index (χ0n) is 11.1. The number of nitrogens with zero attached hydrogens (tertiary/aromatic N) is 3. The Balaban J connectivity index is 1.89. The highest BCUT2D eigenvalue weighted by atomic mass is 15.3. The predicted molar refractivity (Wildman–Crippen MR) is 74.5 cm³/mol. The van der Waals surface area contributed by atoms with E-state index < -0.39 is 0 Å². The quantitative estimate of drug-likeness (QED) is 0.517.